The first-order chi connectivity index (χ1) is 15.9. The summed E-state index contributed by atoms with van der Waals surface area (Å²) in [7, 11) is 0. The molecule has 0 radical (unpaired) electrons. The van der Waals surface area contributed by atoms with Crippen LogP contribution in [0.25, 0.3) is 0 Å². The summed E-state index contributed by atoms with van der Waals surface area (Å²) in [5.41, 5.74) is -0.169. The second-order valence-corrected chi connectivity index (χ2v) is 10.9. The fourth-order valence-electron chi connectivity index (χ4n) is 5.89. The Labute approximate surface area is 199 Å². The van der Waals surface area contributed by atoms with Crippen molar-refractivity contribution in [1.82, 2.24) is 14.7 Å². The van der Waals surface area contributed by atoms with Gasteiger partial charge in [0.2, 0.25) is 17.7 Å². The second-order valence-electron chi connectivity index (χ2n) is 9.85. The number of thiophene rings is 1. The molecular weight excluding hydrogens is 434 g/mol. The van der Waals surface area contributed by atoms with Gasteiger partial charge in [-0.25, -0.2) is 0 Å². The third-order valence-electron chi connectivity index (χ3n) is 7.84. The molecule has 1 aromatic heterocycles. The van der Waals surface area contributed by atoms with Gasteiger partial charge in [0, 0.05) is 42.8 Å². The van der Waals surface area contributed by atoms with Crippen molar-refractivity contribution in [2.24, 2.45) is 5.41 Å². The molecule has 1 aromatic carbocycles. The standard InChI is InChI=1S/C26H31N3O3S/c1-2-27-12-10-25(18-27)11-13-28(19-25)22(30)15-26(20-7-4-3-5-8-20)16-23(31)29(24(26)32)17-21-9-6-14-33-21/h3-9,14H,2,10-13,15-19H2,1H3/t25-,26+/m1/s1. The topological polar surface area (TPSA) is 60.9 Å². The summed E-state index contributed by atoms with van der Waals surface area (Å²) >= 11 is 1.53. The van der Waals surface area contributed by atoms with Gasteiger partial charge < -0.3 is 9.80 Å². The lowest BCUT2D eigenvalue weighted by Gasteiger charge is -2.30. The maximum absolute atomic E-state index is 13.8. The molecule has 7 heteroatoms. The van der Waals surface area contributed by atoms with E-state index in [2.05, 4.69) is 11.8 Å². The van der Waals surface area contributed by atoms with Gasteiger partial charge in [-0.2, -0.15) is 0 Å². The minimum Gasteiger partial charge on any atom is -0.342 e. The van der Waals surface area contributed by atoms with Gasteiger partial charge in [0.05, 0.1) is 12.0 Å². The molecule has 2 aromatic rings. The smallest absolute Gasteiger partial charge is 0.241 e. The predicted octanol–water partition coefficient (Wildman–Crippen LogP) is 3.28. The quantitative estimate of drug-likeness (QED) is 0.615. The first kappa shape index (κ1) is 22.3. The van der Waals surface area contributed by atoms with Crippen molar-refractivity contribution >= 4 is 29.1 Å². The van der Waals surface area contributed by atoms with E-state index in [0.717, 1.165) is 56.0 Å². The van der Waals surface area contributed by atoms with Crippen LogP contribution in [-0.4, -0.2) is 65.1 Å². The Morgan fingerprint density at radius 1 is 1.03 bits per heavy atom. The van der Waals surface area contributed by atoms with Crippen LogP contribution in [0, 0.1) is 5.41 Å². The summed E-state index contributed by atoms with van der Waals surface area (Å²) in [6, 6.07) is 13.3. The summed E-state index contributed by atoms with van der Waals surface area (Å²) in [6.45, 7) is 7.14. The van der Waals surface area contributed by atoms with Crippen molar-refractivity contribution < 1.29 is 14.4 Å². The predicted molar refractivity (Wildman–Crippen MR) is 128 cm³/mol. The SMILES string of the molecule is CCN1CC[C@@]2(CCN(C(=O)C[C@@]3(c4ccccc4)CC(=O)N(Cc4cccs4)C3=O)C2)C1. The second kappa shape index (κ2) is 8.69. The molecule has 3 fully saturated rings. The van der Waals surface area contributed by atoms with Crippen LogP contribution in [0.15, 0.2) is 47.8 Å². The molecule has 3 aliphatic rings. The van der Waals surface area contributed by atoms with E-state index < -0.39 is 5.41 Å². The van der Waals surface area contributed by atoms with Crippen LogP contribution in [0.2, 0.25) is 0 Å². The molecular formula is C26H31N3O3S. The van der Waals surface area contributed by atoms with E-state index in [1.165, 1.54) is 16.2 Å². The number of benzene rings is 1. The van der Waals surface area contributed by atoms with Gasteiger partial charge in [0.25, 0.3) is 0 Å². The zero-order chi connectivity index (χ0) is 23.1. The molecule has 174 valence electrons. The monoisotopic (exact) mass is 465 g/mol. The Kier molecular flexibility index (Phi) is 5.87. The minimum atomic E-state index is -1.12. The molecule has 2 atom stereocenters. The zero-order valence-corrected chi connectivity index (χ0v) is 20.0. The van der Waals surface area contributed by atoms with Crippen molar-refractivity contribution in [2.75, 3.05) is 32.7 Å². The van der Waals surface area contributed by atoms with Gasteiger partial charge in [-0.1, -0.05) is 43.3 Å². The Morgan fingerprint density at radius 3 is 2.52 bits per heavy atom. The highest BCUT2D eigenvalue weighted by Crippen LogP contribution is 2.43. The number of likely N-dealkylation sites (tertiary alicyclic amines) is 3. The van der Waals surface area contributed by atoms with Crippen LogP contribution in [-0.2, 0) is 26.3 Å². The summed E-state index contributed by atoms with van der Waals surface area (Å²) < 4.78 is 0. The number of carbonyl (C=O) groups excluding carboxylic acids is 3. The zero-order valence-electron chi connectivity index (χ0n) is 19.2. The van der Waals surface area contributed by atoms with Crippen LogP contribution in [0.3, 0.4) is 0 Å². The third kappa shape index (κ3) is 4.02. The van der Waals surface area contributed by atoms with Crippen LogP contribution >= 0.6 is 11.3 Å². The van der Waals surface area contributed by atoms with E-state index >= 15 is 0 Å². The summed E-state index contributed by atoms with van der Waals surface area (Å²) in [4.78, 5) is 47.1. The molecule has 0 unspecified atom stereocenters. The number of hydrogen-bond donors (Lipinski definition) is 0. The van der Waals surface area contributed by atoms with E-state index in [1.54, 1.807) is 0 Å². The van der Waals surface area contributed by atoms with Crippen LogP contribution < -0.4 is 0 Å². The average Bonchev–Trinajstić information content (AvgIpc) is 3.61. The lowest BCUT2D eigenvalue weighted by molar-refractivity contribution is -0.143. The number of nitrogens with zero attached hydrogens (tertiary/aromatic N) is 3. The molecule has 33 heavy (non-hydrogen) atoms. The van der Waals surface area contributed by atoms with Crippen LogP contribution in [0.1, 0.15) is 43.0 Å². The molecule has 1 spiro atoms. The number of amides is 3. The summed E-state index contributed by atoms with van der Waals surface area (Å²) in [5.74, 6) is -0.450. The minimum absolute atomic E-state index is 0.00944. The molecule has 3 aliphatic heterocycles. The van der Waals surface area contributed by atoms with Crippen molar-refractivity contribution in [3.05, 3.63) is 58.3 Å². The molecule has 4 heterocycles. The highest BCUT2D eigenvalue weighted by molar-refractivity contribution is 7.09. The number of hydrogen-bond acceptors (Lipinski definition) is 5. The Morgan fingerprint density at radius 2 is 1.82 bits per heavy atom. The average molecular weight is 466 g/mol. The molecule has 3 amide bonds. The number of rotatable bonds is 6. The molecule has 0 aliphatic carbocycles. The lowest BCUT2D eigenvalue weighted by Crippen LogP contribution is -2.43. The summed E-state index contributed by atoms with van der Waals surface area (Å²) in [5, 5.41) is 1.94. The maximum Gasteiger partial charge on any atom is 0.241 e. The highest BCUT2D eigenvalue weighted by Gasteiger charge is 2.55. The first-order valence-corrected chi connectivity index (χ1v) is 12.8. The van der Waals surface area contributed by atoms with E-state index in [0.29, 0.717) is 0 Å². The molecule has 3 saturated heterocycles. The van der Waals surface area contributed by atoms with Crippen molar-refractivity contribution in [3.63, 3.8) is 0 Å². The molecule has 5 rings (SSSR count). The highest BCUT2D eigenvalue weighted by atomic mass is 32.1. The van der Waals surface area contributed by atoms with Crippen molar-refractivity contribution in [3.8, 4) is 0 Å². The molecule has 0 bridgehead atoms. The normalized spacial score (nSPS) is 27.9. The Balaban J connectivity index is 1.38. The first-order valence-electron chi connectivity index (χ1n) is 11.9. The van der Waals surface area contributed by atoms with E-state index in [1.807, 2.05) is 52.7 Å². The fourth-order valence-corrected chi connectivity index (χ4v) is 6.58. The van der Waals surface area contributed by atoms with Crippen LogP contribution in [0.4, 0.5) is 0 Å². The van der Waals surface area contributed by atoms with E-state index in [9.17, 15) is 14.4 Å². The lowest BCUT2D eigenvalue weighted by atomic mass is 9.75. The van der Waals surface area contributed by atoms with E-state index in [4.69, 9.17) is 0 Å². The van der Waals surface area contributed by atoms with Gasteiger partial charge in [-0.15, -0.1) is 11.3 Å². The summed E-state index contributed by atoms with van der Waals surface area (Å²) in [6.07, 6.45) is 2.25. The van der Waals surface area contributed by atoms with Gasteiger partial charge in [0.15, 0.2) is 0 Å². The largest absolute Gasteiger partial charge is 0.342 e. The number of imide groups is 1. The van der Waals surface area contributed by atoms with Gasteiger partial charge in [-0.3, -0.25) is 19.3 Å². The van der Waals surface area contributed by atoms with Crippen molar-refractivity contribution in [2.45, 2.75) is 44.6 Å². The maximum atomic E-state index is 13.8. The van der Waals surface area contributed by atoms with E-state index in [-0.39, 0.29) is 42.5 Å². The molecule has 6 nitrogen and oxygen atoms in total. The van der Waals surface area contributed by atoms with Gasteiger partial charge >= 0.3 is 0 Å². The fraction of sp³-hybridized carbons (Fsp3) is 0.500. The Bertz CT molecular complexity index is 1040. The van der Waals surface area contributed by atoms with Crippen LogP contribution in [0.5, 0.6) is 0 Å². The van der Waals surface area contributed by atoms with Gasteiger partial charge in [0.1, 0.15) is 0 Å². The van der Waals surface area contributed by atoms with Gasteiger partial charge in [-0.05, 0) is 42.9 Å². The third-order valence-corrected chi connectivity index (χ3v) is 8.70. The van der Waals surface area contributed by atoms with Crippen molar-refractivity contribution in [1.29, 1.82) is 0 Å². The molecule has 0 saturated carbocycles. The number of carbonyl (C=O) groups is 3. The Hall–Kier alpha value is -2.51. The molecule has 0 N–H and O–H groups in total.